The number of ketones is 1. The van der Waals surface area contributed by atoms with Gasteiger partial charge in [0.05, 0.1) is 27.7 Å². The van der Waals surface area contributed by atoms with Gasteiger partial charge in [0.25, 0.3) is 0 Å². The number of hydrogen-bond acceptors (Lipinski definition) is 5. The molecule has 5 heteroatoms. The second-order valence-electron chi connectivity index (χ2n) is 2.70. The standard InChI is InChI=1S/C9H7N3OS/c1-5-9(14-6(2)12-5)8(13)7(3-10)4-11/h7H,1-2H3. The van der Waals surface area contributed by atoms with Crippen molar-refractivity contribution in [3.63, 3.8) is 0 Å². The van der Waals surface area contributed by atoms with Gasteiger partial charge in [0, 0.05) is 0 Å². The van der Waals surface area contributed by atoms with Crippen molar-refractivity contribution in [3.05, 3.63) is 15.6 Å². The first-order valence-corrected chi connectivity index (χ1v) is 4.69. The summed E-state index contributed by atoms with van der Waals surface area (Å²) in [7, 11) is 0. The van der Waals surface area contributed by atoms with Crippen LogP contribution in [0.3, 0.4) is 0 Å². The third kappa shape index (κ3) is 1.78. The number of nitrogens with zero attached hydrogens (tertiary/aromatic N) is 3. The first kappa shape index (κ1) is 10.4. The molecule has 1 aromatic rings. The van der Waals surface area contributed by atoms with Gasteiger partial charge in [0.1, 0.15) is 0 Å². The number of carbonyl (C=O) groups excluding carboxylic acids is 1. The molecule has 0 aliphatic carbocycles. The molecule has 0 saturated heterocycles. The topological polar surface area (TPSA) is 77.5 Å². The molecule has 0 radical (unpaired) electrons. The minimum atomic E-state index is -1.21. The highest BCUT2D eigenvalue weighted by Crippen LogP contribution is 2.20. The molecule has 0 aliphatic rings. The normalized spacial score (nSPS) is 9.50. The maximum atomic E-state index is 11.6. The zero-order valence-corrected chi connectivity index (χ0v) is 8.55. The number of nitriles is 2. The number of aromatic nitrogens is 1. The Kier molecular flexibility index (Phi) is 2.95. The number of Topliss-reactive ketones (excluding diaryl/α,β-unsaturated/α-hetero) is 1. The van der Waals surface area contributed by atoms with E-state index in [4.69, 9.17) is 10.5 Å². The van der Waals surface area contributed by atoms with Crippen LogP contribution >= 0.6 is 11.3 Å². The van der Waals surface area contributed by atoms with Crippen molar-refractivity contribution in [2.45, 2.75) is 13.8 Å². The molecule has 0 atom stereocenters. The van der Waals surface area contributed by atoms with E-state index in [9.17, 15) is 4.79 Å². The second-order valence-corrected chi connectivity index (χ2v) is 3.91. The van der Waals surface area contributed by atoms with Crippen LogP contribution in [0.15, 0.2) is 0 Å². The Morgan fingerprint density at radius 2 is 2.00 bits per heavy atom. The van der Waals surface area contributed by atoms with Crippen LogP contribution < -0.4 is 0 Å². The number of thiazole rings is 1. The molecule has 0 saturated carbocycles. The van der Waals surface area contributed by atoms with E-state index in [1.165, 1.54) is 11.3 Å². The first-order chi connectivity index (χ1) is 6.60. The zero-order valence-electron chi connectivity index (χ0n) is 7.74. The maximum Gasteiger partial charge on any atom is 0.206 e. The van der Waals surface area contributed by atoms with Crippen LogP contribution in [0, 0.1) is 42.4 Å². The Morgan fingerprint density at radius 1 is 1.43 bits per heavy atom. The minimum absolute atomic E-state index is 0.413. The predicted octanol–water partition coefficient (Wildman–Crippen LogP) is 1.61. The van der Waals surface area contributed by atoms with E-state index >= 15 is 0 Å². The van der Waals surface area contributed by atoms with E-state index in [0.717, 1.165) is 5.01 Å². The molecule has 1 aromatic heterocycles. The van der Waals surface area contributed by atoms with Crippen molar-refractivity contribution in [1.29, 1.82) is 10.5 Å². The van der Waals surface area contributed by atoms with Gasteiger partial charge < -0.3 is 0 Å². The first-order valence-electron chi connectivity index (χ1n) is 3.87. The summed E-state index contributed by atoms with van der Waals surface area (Å²) in [5.74, 6) is -1.66. The fourth-order valence-corrected chi connectivity index (χ4v) is 1.93. The van der Waals surface area contributed by atoms with E-state index in [0.29, 0.717) is 10.6 Å². The van der Waals surface area contributed by atoms with Gasteiger partial charge >= 0.3 is 0 Å². The van der Waals surface area contributed by atoms with E-state index < -0.39 is 11.7 Å². The number of aryl methyl sites for hydroxylation is 2. The van der Waals surface area contributed by atoms with Crippen molar-refractivity contribution in [1.82, 2.24) is 4.98 Å². The maximum absolute atomic E-state index is 11.6. The van der Waals surface area contributed by atoms with Gasteiger partial charge in [-0.2, -0.15) is 10.5 Å². The Bertz CT molecular complexity index is 436. The summed E-state index contributed by atoms with van der Waals surface area (Å²) in [6.45, 7) is 3.48. The van der Waals surface area contributed by atoms with Crippen LogP contribution in [0.1, 0.15) is 20.4 Å². The third-order valence-electron chi connectivity index (χ3n) is 1.65. The smallest absolute Gasteiger partial charge is 0.206 e. The van der Waals surface area contributed by atoms with Gasteiger partial charge in [-0.3, -0.25) is 4.79 Å². The molecule has 70 valence electrons. The Hall–Kier alpha value is -1.72. The molecule has 0 unspecified atom stereocenters. The molecule has 0 N–H and O–H groups in total. The largest absolute Gasteiger partial charge is 0.290 e. The lowest BCUT2D eigenvalue weighted by Crippen LogP contribution is -2.10. The van der Waals surface area contributed by atoms with Gasteiger partial charge in [-0.15, -0.1) is 11.3 Å². The molecular formula is C9H7N3OS. The summed E-state index contributed by atoms with van der Waals surface area (Å²) >= 11 is 1.22. The summed E-state index contributed by atoms with van der Waals surface area (Å²) in [4.78, 5) is 16.0. The molecular weight excluding hydrogens is 198 g/mol. The van der Waals surface area contributed by atoms with E-state index in [-0.39, 0.29) is 0 Å². The van der Waals surface area contributed by atoms with Gasteiger partial charge in [-0.1, -0.05) is 0 Å². The van der Waals surface area contributed by atoms with Gasteiger partial charge in [-0.05, 0) is 13.8 Å². The number of carbonyl (C=O) groups is 1. The monoisotopic (exact) mass is 205 g/mol. The zero-order chi connectivity index (χ0) is 10.7. The van der Waals surface area contributed by atoms with Crippen molar-refractivity contribution in [2.24, 2.45) is 5.92 Å². The van der Waals surface area contributed by atoms with Crippen LogP contribution in [0.25, 0.3) is 0 Å². The summed E-state index contributed by atoms with van der Waals surface area (Å²) in [5, 5.41) is 17.9. The van der Waals surface area contributed by atoms with Crippen LogP contribution in [0.4, 0.5) is 0 Å². The molecule has 0 amide bonds. The average molecular weight is 205 g/mol. The minimum Gasteiger partial charge on any atom is -0.290 e. The Balaban J connectivity index is 3.08. The average Bonchev–Trinajstić information content (AvgIpc) is 2.47. The van der Waals surface area contributed by atoms with Crippen LogP contribution in [0.5, 0.6) is 0 Å². The SMILES string of the molecule is Cc1nc(C)c(C(=O)C(C#N)C#N)s1. The molecule has 0 fully saturated rings. The lowest BCUT2D eigenvalue weighted by atomic mass is 10.1. The van der Waals surface area contributed by atoms with Gasteiger partial charge in [0.2, 0.25) is 5.78 Å². The van der Waals surface area contributed by atoms with Crippen molar-refractivity contribution in [2.75, 3.05) is 0 Å². The highest BCUT2D eigenvalue weighted by atomic mass is 32.1. The highest BCUT2D eigenvalue weighted by Gasteiger charge is 2.23. The quantitative estimate of drug-likeness (QED) is 0.687. The Morgan fingerprint density at radius 3 is 2.36 bits per heavy atom. The molecule has 0 aromatic carbocycles. The molecule has 0 bridgehead atoms. The van der Waals surface area contributed by atoms with Gasteiger partial charge in [-0.25, -0.2) is 4.98 Å². The summed E-state index contributed by atoms with van der Waals surface area (Å²) in [5.41, 5.74) is 0.591. The molecule has 1 heterocycles. The van der Waals surface area contributed by atoms with E-state index in [1.807, 2.05) is 0 Å². The number of hydrogen-bond donors (Lipinski definition) is 0. The van der Waals surface area contributed by atoms with Crippen molar-refractivity contribution < 1.29 is 4.79 Å². The lowest BCUT2D eigenvalue weighted by molar-refractivity contribution is 0.0974. The molecule has 14 heavy (non-hydrogen) atoms. The van der Waals surface area contributed by atoms with E-state index in [1.54, 1.807) is 26.0 Å². The fraction of sp³-hybridized carbons (Fsp3) is 0.333. The Labute approximate surface area is 85.4 Å². The summed E-state index contributed by atoms with van der Waals surface area (Å²) < 4.78 is 0. The van der Waals surface area contributed by atoms with Crippen molar-refractivity contribution >= 4 is 17.1 Å². The molecule has 4 nitrogen and oxygen atoms in total. The third-order valence-corrected chi connectivity index (χ3v) is 2.74. The molecule has 0 aliphatic heterocycles. The fourth-order valence-electron chi connectivity index (χ4n) is 1.04. The summed E-state index contributed by atoms with van der Waals surface area (Å²) in [6, 6.07) is 3.31. The lowest BCUT2D eigenvalue weighted by Gasteiger charge is -1.95. The second kappa shape index (κ2) is 3.99. The summed E-state index contributed by atoms with van der Waals surface area (Å²) in [6.07, 6.45) is 0. The molecule has 1 rings (SSSR count). The van der Waals surface area contributed by atoms with Crippen LogP contribution in [-0.4, -0.2) is 10.8 Å². The van der Waals surface area contributed by atoms with Crippen LogP contribution in [0.2, 0.25) is 0 Å². The number of rotatable bonds is 2. The highest BCUT2D eigenvalue weighted by molar-refractivity contribution is 7.13. The van der Waals surface area contributed by atoms with Crippen molar-refractivity contribution in [3.8, 4) is 12.1 Å². The van der Waals surface area contributed by atoms with E-state index in [2.05, 4.69) is 4.98 Å². The molecule has 0 spiro atoms. The van der Waals surface area contributed by atoms with Crippen LogP contribution in [-0.2, 0) is 0 Å². The van der Waals surface area contributed by atoms with Gasteiger partial charge in [0.15, 0.2) is 5.92 Å². The predicted molar refractivity (Wildman–Crippen MR) is 50.6 cm³/mol.